The van der Waals surface area contributed by atoms with E-state index < -0.39 is 28.7 Å². The molecule has 0 heterocycles. The molecule has 0 amide bonds. The van der Waals surface area contributed by atoms with Gasteiger partial charge in [0.25, 0.3) is 0 Å². The lowest BCUT2D eigenvalue weighted by Crippen LogP contribution is -2.46. The summed E-state index contributed by atoms with van der Waals surface area (Å²) in [5.41, 5.74) is 0.948. The Kier molecular flexibility index (Phi) is 7.17. The van der Waals surface area contributed by atoms with Crippen LogP contribution in [0.2, 0.25) is 36.3 Å². The summed E-state index contributed by atoms with van der Waals surface area (Å²) in [6.45, 7) is 21.6. The molecule has 0 saturated carbocycles. The molecule has 0 aliphatic rings. The minimum Gasteiger partial charge on any atom is -0.544 e. The predicted molar refractivity (Wildman–Crippen MR) is 118 cm³/mol. The number of carbonyl (C=O) groups is 1. The van der Waals surface area contributed by atoms with E-state index in [0.29, 0.717) is 6.42 Å². The van der Waals surface area contributed by atoms with E-state index in [2.05, 4.69) is 67.7 Å². The van der Waals surface area contributed by atoms with Gasteiger partial charge in [-0.2, -0.15) is 0 Å². The first kappa shape index (κ1) is 23.9. The second-order valence-corrected chi connectivity index (χ2v) is 19.9. The Bertz CT molecular complexity index is 638. The van der Waals surface area contributed by atoms with Gasteiger partial charge in [-0.1, -0.05) is 53.7 Å². The molecule has 4 nitrogen and oxygen atoms in total. The topological polar surface area (TPSA) is 55.8 Å². The minimum absolute atomic E-state index is 0.0262. The largest absolute Gasteiger partial charge is 0.544 e. The zero-order valence-electron chi connectivity index (χ0n) is 18.8. The number of hydrogen-bond donors (Lipinski definition) is 1. The second kappa shape index (κ2) is 8.09. The summed E-state index contributed by atoms with van der Waals surface area (Å²) in [6.07, 6.45) is -0.458. The highest BCUT2D eigenvalue weighted by molar-refractivity contribution is 6.75. The molecular formula is C21H38O4Si2. The van der Waals surface area contributed by atoms with Gasteiger partial charge in [0, 0.05) is 6.42 Å². The zero-order valence-corrected chi connectivity index (χ0v) is 20.8. The highest BCUT2D eigenvalue weighted by atomic mass is 28.4. The molecule has 0 spiro atoms. The third-order valence-electron chi connectivity index (χ3n) is 6.04. The van der Waals surface area contributed by atoms with Gasteiger partial charge in [0.1, 0.15) is 11.9 Å². The minimum atomic E-state index is -2.15. The van der Waals surface area contributed by atoms with Crippen LogP contribution in [-0.2, 0) is 15.6 Å². The Hall–Kier alpha value is -1.12. The Balaban J connectivity index is 2.90. The van der Waals surface area contributed by atoms with Crippen molar-refractivity contribution in [2.24, 2.45) is 0 Å². The van der Waals surface area contributed by atoms with Crippen LogP contribution in [0.3, 0.4) is 0 Å². The quantitative estimate of drug-likeness (QED) is 0.553. The van der Waals surface area contributed by atoms with E-state index >= 15 is 0 Å². The van der Waals surface area contributed by atoms with Crippen LogP contribution in [0.4, 0.5) is 0 Å². The number of benzene rings is 1. The Morgan fingerprint density at radius 1 is 0.926 bits per heavy atom. The Morgan fingerprint density at radius 3 is 1.74 bits per heavy atom. The van der Waals surface area contributed by atoms with Gasteiger partial charge in [0.2, 0.25) is 8.32 Å². The van der Waals surface area contributed by atoms with Crippen LogP contribution < -0.4 is 4.43 Å². The molecule has 0 saturated heterocycles. The molecule has 0 bridgehead atoms. The fraction of sp³-hybridized carbons (Fsp3) is 0.667. The normalized spacial score (nSPS) is 14.7. The van der Waals surface area contributed by atoms with E-state index in [0.717, 1.165) is 11.3 Å². The molecule has 1 N–H and O–H groups in total. The van der Waals surface area contributed by atoms with Gasteiger partial charge in [-0.25, -0.2) is 4.79 Å². The number of rotatable bonds is 7. The molecule has 0 radical (unpaired) electrons. The van der Waals surface area contributed by atoms with Gasteiger partial charge in [-0.05, 0) is 54.0 Å². The van der Waals surface area contributed by atoms with E-state index in [9.17, 15) is 9.90 Å². The van der Waals surface area contributed by atoms with Gasteiger partial charge in [-0.3, -0.25) is 0 Å². The highest BCUT2D eigenvalue weighted by Gasteiger charge is 2.41. The smallest absolute Gasteiger partial charge is 0.331 e. The molecule has 1 rings (SSSR count). The number of carboxylic acids is 1. The van der Waals surface area contributed by atoms with E-state index in [-0.39, 0.29) is 10.1 Å². The van der Waals surface area contributed by atoms with E-state index in [1.807, 2.05) is 24.3 Å². The molecule has 0 unspecified atom stereocenters. The number of aliphatic carboxylic acids is 1. The van der Waals surface area contributed by atoms with Crippen LogP contribution >= 0.6 is 0 Å². The summed E-state index contributed by atoms with van der Waals surface area (Å²) in [5, 5.41) is 9.75. The molecule has 1 aromatic carbocycles. The third-order valence-corrected chi connectivity index (χ3v) is 14.9. The molecule has 1 aromatic rings. The molecule has 154 valence electrons. The number of hydrogen-bond acceptors (Lipinski definition) is 3. The van der Waals surface area contributed by atoms with E-state index in [4.69, 9.17) is 8.85 Å². The van der Waals surface area contributed by atoms with Gasteiger partial charge in [-0.15, -0.1) is 0 Å². The predicted octanol–water partition coefficient (Wildman–Crippen LogP) is 6.09. The molecule has 1 atom stereocenters. The van der Waals surface area contributed by atoms with E-state index in [1.165, 1.54) is 0 Å². The SMILES string of the molecule is CC(C)(C)[Si](C)(C)Oc1ccc(C[C@@H](O[Si](C)(C)C(C)(C)C)C(=O)O)cc1. The summed E-state index contributed by atoms with van der Waals surface area (Å²) in [5.74, 6) is -0.0519. The summed E-state index contributed by atoms with van der Waals surface area (Å²) in [4.78, 5) is 11.8. The number of carboxylic acid groups (broad SMARTS) is 1. The van der Waals surface area contributed by atoms with E-state index in [1.54, 1.807) is 0 Å². The van der Waals surface area contributed by atoms with Gasteiger partial charge < -0.3 is 14.0 Å². The van der Waals surface area contributed by atoms with Crippen LogP contribution in [-0.4, -0.2) is 33.8 Å². The first-order valence-electron chi connectivity index (χ1n) is 9.65. The fourth-order valence-electron chi connectivity index (χ4n) is 2.07. The van der Waals surface area contributed by atoms with Crippen molar-refractivity contribution in [3.63, 3.8) is 0 Å². The van der Waals surface area contributed by atoms with Crippen LogP contribution in [0.1, 0.15) is 47.1 Å². The Morgan fingerprint density at radius 2 is 1.37 bits per heavy atom. The standard InChI is InChI=1S/C21H38O4Si2/c1-20(2,3)26(7,8)24-17-13-11-16(12-14-17)15-18(19(22)23)25-27(9,10)21(4,5)6/h11-14,18H,15H2,1-10H3,(H,22,23)/t18-/m1/s1. The lowest BCUT2D eigenvalue weighted by Gasteiger charge is -2.38. The second-order valence-electron chi connectivity index (χ2n) is 10.4. The average molecular weight is 411 g/mol. The lowest BCUT2D eigenvalue weighted by atomic mass is 10.1. The molecule has 27 heavy (non-hydrogen) atoms. The van der Waals surface area contributed by atoms with Crippen LogP contribution in [0, 0.1) is 0 Å². The first-order chi connectivity index (χ1) is 12.0. The van der Waals surface area contributed by atoms with Crippen LogP contribution in [0.5, 0.6) is 5.75 Å². The van der Waals surface area contributed by atoms with Gasteiger partial charge in [0.15, 0.2) is 8.32 Å². The van der Waals surface area contributed by atoms with Crippen molar-refractivity contribution >= 4 is 22.6 Å². The Labute approximate surface area is 167 Å². The maximum absolute atomic E-state index is 11.8. The van der Waals surface area contributed by atoms with Crippen molar-refractivity contribution in [1.29, 1.82) is 0 Å². The van der Waals surface area contributed by atoms with Crippen molar-refractivity contribution in [3.8, 4) is 5.75 Å². The summed E-state index contributed by atoms with van der Waals surface area (Å²) >= 11 is 0. The first-order valence-corrected chi connectivity index (χ1v) is 15.5. The molecule has 0 fully saturated rings. The summed E-state index contributed by atoms with van der Waals surface area (Å²) < 4.78 is 12.4. The maximum Gasteiger partial charge on any atom is 0.331 e. The molecule has 0 aliphatic carbocycles. The summed E-state index contributed by atoms with van der Waals surface area (Å²) in [6, 6.07) is 7.79. The van der Waals surface area contributed by atoms with Gasteiger partial charge in [0.05, 0.1) is 0 Å². The molecular weight excluding hydrogens is 372 g/mol. The fourth-order valence-corrected chi connectivity index (χ4v) is 4.35. The van der Waals surface area contributed by atoms with Gasteiger partial charge >= 0.3 is 5.97 Å². The zero-order chi connectivity index (χ0) is 21.3. The average Bonchev–Trinajstić information content (AvgIpc) is 2.45. The van der Waals surface area contributed by atoms with Crippen molar-refractivity contribution in [2.45, 2.75) is 90.3 Å². The van der Waals surface area contributed by atoms with Crippen LogP contribution in [0.15, 0.2) is 24.3 Å². The third kappa shape index (κ3) is 6.47. The van der Waals surface area contributed by atoms with Crippen LogP contribution in [0.25, 0.3) is 0 Å². The van der Waals surface area contributed by atoms with Crippen molar-refractivity contribution < 1.29 is 18.8 Å². The van der Waals surface area contributed by atoms with Crippen molar-refractivity contribution in [1.82, 2.24) is 0 Å². The lowest BCUT2D eigenvalue weighted by molar-refractivity contribution is -0.145. The molecule has 0 aromatic heterocycles. The van der Waals surface area contributed by atoms with Crippen molar-refractivity contribution in [3.05, 3.63) is 29.8 Å². The molecule has 0 aliphatic heterocycles. The monoisotopic (exact) mass is 410 g/mol. The van der Waals surface area contributed by atoms with Crippen molar-refractivity contribution in [2.75, 3.05) is 0 Å². The maximum atomic E-state index is 11.8. The molecule has 6 heteroatoms. The highest BCUT2D eigenvalue weighted by Crippen LogP contribution is 2.38. The summed E-state index contributed by atoms with van der Waals surface area (Å²) in [7, 11) is -4.03.